The molecule has 0 amide bonds. The summed E-state index contributed by atoms with van der Waals surface area (Å²) >= 11 is 1.46. The Morgan fingerprint density at radius 3 is 2.77 bits per heavy atom. The molecule has 3 heterocycles. The summed E-state index contributed by atoms with van der Waals surface area (Å²) in [4.78, 5) is 23.3. The van der Waals surface area contributed by atoms with Crippen LogP contribution in [0.1, 0.15) is 24.4 Å². The normalized spacial score (nSPS) is 12.7. The van der Waals surface area contributed by atoms with E-state index in [0.717, 1.165) is 16.9 Å². The van der Waals surface area contributed by atoms with E-state index >= 15 is 0 Å². The summed E-state index contributed by atoms with van der Waals surface area (Å²) in [6.45, 7) is 2.83. The van der Waals surface area contributed by atoms with Crippen molar-refractivity contribution in [2.75, 3.05) is 7.05 Å². The number of hydrogen-bond acceptors (Lipinski definition) is 5. The molecule has 26 heavy (non-hydrogen) atoms. The summed E-state index contributed by atoms with van der Waals surface area (Å²) in [6.07, 6.45) is 1.61. The van der Waals surface area contributed by atoms with E-state index in [1.807, 2.05) is 49.7 Å². The van der Waals surface area contributed by atoms with Gasteiger partial charge in [0.15, 0.2) is 0 Å². The van der Waals surface area contributed by atoms with Crippen molar-refractivity contribution in [3.05, 3.63) is 75.8 Å². The van der Waals surface area contributed by atoms with E-state index in [4.69, 9.17) is 9.40 Å². The summed E-state index contributed by atoms with van der Waals surface area (Å²) in [5.41, 5.74) is 1.89. The van der Waals surface area contributed by atoms with Gasteiger partial charge >= 0.3 is 0 Å². The predicted molar refractivity (Wildman–Crippen MR) is 104 cm³/mol. The Bertz CT molecular complexity index is 1070. The number of furan rings is 1. The average molecular weight is 365 g/mol. The van der Waals surface area contributed by atoms with E-state index in [0.29, 0.717) is 17.0 Å². The molecular weight excluding hydrogens is 346 g/mol. The van der Waals surface area contributed by atoms with Crippen molar-refractivity contribution in [3.8, 4) is 11.3 Å². The Morgan fingerprint density at radius 1 is 1.23 bits per heavy atom. The van der Waals surface area contributed by atoms with E-state index in [-0.39, 0.29) is 11.6 Å². The lowest BCUT2D eigenvalue weighted by molar-refractivity contribution is 0.244. The minimum absolute atomic E-state index is 0.0125. The minimum atomic E-state index is -0.127. The van der Waals surface area contributed by atoms with Crippen molar-refractivity contribution in [3.63, 3.8) is 0 Å². The molecule has 0 aliphatic heterocycles. The van der Waals surface area contributed by atoms with Crippen molar-refractivity contribution in [1.82, 2.24) is 14.9 Å². The third kappa shape index (κ3) is 3.09. The van der Waals surface area contributed by atoms with Gasteiger partial charge in [0, 0.05) is 17.5 Å². The van der Waals surface area contributed by atoms with E-state index < -0.39 is 0 Å². The van der Waals surface area contributed by atoms with Crippen LogP contribution in [0.4, 0.5) is 0 Å². The van der Waals surface area contributed by atoms with Crippen LogP contribution in [-0.2, 0) is 6.54 Å². The second-order valence-corrected chi connectivity index (χ2v) is 7.19. The van der Waals surface area contributed by atoms with Gasteiger partial charge in [-0.15, -0.1) is 11.3 Å². The van der Waals surface area contributed by atoms with E-state index in [1.54, 1.807) is 6.26 Å². The summed E-state index contributed by atoms with van der Waals surface area (Å²) in [5, 5.41) is 2.51. The maximum absolute atomic E-state index is 12.7. The minimum Gasteiger partial charge on any atom is -0.464 e. The number of thiophene rings is 1. The first-order chi connectivity index (χ1) is 12.6. The molecule has 0 spiro atoms. The molecule has 0 radical (unpaired) electrons. The number of aromatic nitrogens is 2. The van der Waals surface area contributed by atoms with Crippen LogP contribution in [0.3, 0.4) is 0 Å². The summed E-state index contributed by atoms with van der Waals surface area (Å²) in [7, 11) is 2.03. The Hall–Kier alpha value is -2.70. The lowest BCUT2D eigenvalue weighted by atomic mass is 10.1. The maximum atomic E-state index is 12.7. The van der Waals surface area contributed by atoms with Gasteiger partial charge in [-0.05, 0) is 31.7 Å². The molecule has 0 fully saturated rings. The third-order valence-electron chi connectivity index (χ3n) is 4.58. The van der Waals surface area contributed by atoms with Crippen molar-refractivity contribution in [2.45, 2.75) is 19.5 Å². The standard InChI is InChI=1S/C20H19N3O2S/c1-13(23(2)11-14-7-4-3-5-8-14)18-21-19(24)17-15(12-26-20(17)22-18)16-9-6-10-25-16/h3-10,12-13H,11H2,1-2H3,(H,21,22,24). The highest BCUT2D eigenvalue weighted by atomic mass is 32.1. The number of nitrogens with one attached hydrogen (secondary N) is 1. The second-order valence-electron chi connectivity index (χ2n) is 6.33. The molecule has 0 aliphatic rings. The van der Waals surface area contributed by atoms with Crippen LogP contribution < -0.4 is 5.56 Å². The fourth-order valence-electron chi connectivity index (χ4n) is 2.99. The van der Waals surface area contributed by atoms with E-state index in [1.165, 1.54) is 16.9 Å². The Morgan fingerprint density at radius 2 is 2.04 bits per heavy atom. The predicted octanol–water partition coefficient (Wildman–Crippen LogP) is 4.44. The highest BCUT2D eigenvalue weighted by molar-refractivity contribution is 7.17. The molecule has 1 N–H and O–H groups in total. The van der Waals surface area contributed by atoms with Crippen LogP contribution in [0.15, 0.2) is 63.3 Å². The molecule has 4 aromatic rings. The highest BCUT2D eigenvalue weighted by Crippen LogP contribution is 2.31. The van der Waals surface area contributed by atoms with Gasteiger partial charge in [0.1, 0.15) is 16.4 Å². The summed E-state index contributed by atoms with van der Waals surface area (Å²) < 4.78 is 5.44. The van der Waals surface area contributed by atoms with Crippen molar-refractivity contribution >= 4 is 21.6 Å². The van der Waals surface area contributed by atoms with Crippen LogP contribution in [0.25, 0.3) is 21.5 Å². The lowest BCUT2D eigenvalue weighted by Crippen LogP contribution is -2.25. The molecule has 3 aromatic heterocycles. The number of rotatable bonds is 5. The first kappa shape index (κ1) is 16.8. The molecule has 0 saturated heterocycles. The van der Waals surface area contributed by atoms with Crippen molar-refractivity contribution in [2.24, 2.45) is 0 Å². The van der Waals surface area contributed by atoms with Crippen LogP contribution in [-0.4, -0.2) is 21.9 Å². The quantitative estimate of drug-likeness (QED) is 0.568. The zero-order valence-corrected chi connectivity index (χ0v) is 15.4. The average Bonchev–Trinajstić information content (AvgIpc) is 3.31. The Balaban J connectivity index is 1.66. The molecule has 1 atom stereocenters. The highest BCUT2D eigenvalue weighted by Gasteiger charge is 2.19. The third-order valence-corrected chi connectivity index (χ3v) is 5.45. The SMILES string of the molecule is CC(c1nc2scc(-c3ccco3)c2c(=O)[nH]1)N(C)Cc1ccccc1. The topological polar surface area (TPSA) is 62.1 Å². The molecule has 5 nitrogen and oxygen atoms in total. The number of fused-ring (bicyclic) bond motifs is 1. The molecule has 0 saturated carbocycles. The maximum Gasteiger partial charge on any atom is 0.260 e. The van der Waals surface area contributed by atoms with Crippen LogP contribution in [0, 0.1) is 0 Å². The van der Waals surface area contributed by atoms with E-state index in [9.17, 15) is 4.79 Å². The van der Waals surface area contributed by atoms with Crippen LogP contribution in [0.5, 0.6) is 0 Å². The first-order valence-corrected chi connectivity index (χ1v) is 9.31. The zero-order valence-electron chi connectivity index (χ0n) is 14.6. The summed E-state index contributed by atoms with van der Waals surface area (Å²) in [5.74, 6) is 1.36. The van der Waals surface area contributed by atoms with Gasteiger partial charge in [-0.3, -0.25) is 9.69 Å². The van der Waals surface area contributed by atoms with Gasteiger partial charge in [0.25, 0.3) is 5.56 Å². The van der Waals surface area contributed by atoms with Gasteiger partial charge in [-0.25, -0.2) is 4.98 Å². The van der Waals surface area contributed by atoms with Gasteiger partial charge in [0.05, 0.1) is 17.7 Å². The molecular formula is C20H19N3O2S. The largest absolute Gasteiger partial charge is 0.464 e. The molecule has 0 bridgehead atoms. The lowest BCUT2D eigenvalue weighted by Gasteiger charge is -2.23. The second kappa shape index (κ2) is 6.90. The van der Waals surface area contributed by atoms with Crippen molar-refractivity contribution < 1.29 is 4.42 Å². The summed E-state index contributed by atoms with van der Waals surface area (Å²) in [6, 6.07) is 13.9. The first-order valence-electron chi connectivity index (χ1n) is 8.43. The number of hydrogen-bond donors (Lipinski definition) is 1. The number of H-pyrrole nitrogens is 1. The monoisotopic (exact) mass is 365 g/mol. The Labute approximate surface area is 154 Å². The number of benzene rings is 1. The fraction of sp³-hybridized carbons (Fsp3) is 0.200. The molecule has 1 unspecified atom stereocenters. The number of nitrogens with zero attached hydrogens (tertiary/aromatic N) is 2. The smallest absolute Gasteiger partial charge is 0.260 e. The van der Waals surface area contributed by atoms with Gasteiger partial charge < -0.3 is 9.40 Å². The Kier molecular flexibility index (Phi) is 4.44. The van der Waals surface area contributed by atoms with Crippen LogP contribution in [0.2, 0.25) is 0 Å². The van der Waals surface area contributed by atoms with Gasteiger partial charge in [-0.1, -0.05) is 30.3 Å². The van der Waals surface area contributed by atoms with Crippen LogP contribution >= 0.6 is 11.3 Å². The van der Waals surface area contributed by atoms with Crippen molar-refractivity contribution in [1.29, 1.82) is 0 Å². The van der Waals surface area contributed by atoms with Gasteiger partial charge in [0.2, 0.25) is 0 Å². The molecule has 132 valence electrons. The molecule has 4 rings (SSSR count). The zero-order chi connectivity index (χ0) is 18.1. The molecule has 0 aliphatic carbocycles. The van der Waals surface area contributed by atoms with E-state index in [2.05, 4.69) is 22.0 Å². The number of aromatic amines is 1. The fourth-order valence-corrected chi connectivity index (χ4v) is 3.93. The van der Waals surface area contributed by atoms with Gasteiger partial charge in [-0.2, -0.15) is 0 Å². The molecule has 6 heteroatoms. The molecule has 1 aromatic carbocycles.